The fraction of sp³-hybridized carbons (Fsp3) is 0.345. The molecule has 0 N–H and O–H groups in total. The fourth-order valence-electron chi connectivity index (χ4n) is 3.00. The minimum absolute atomic E-state index is 0.0417. The van der Waals surface area contributed by atoms with Crippen molar-refractivity contribution in [3.63, 3.8) is 0 Å². The highest BCUT2D eigenvalue weighted by molar-refractivity contribution is 7.89. The summed E-state index contributed by atoms with van der Waals surface area (Å²) in [7, 11) is -1.99. The van der Waals surface area contributed by atoms with Gasteiger partial charge in [-0.05, 0) is 74.2 Å². The Morgan fingerprint density at radius 3 is 2.00 bits per heavy atom. The second-order valence-corrected chi connectivity index (χ2v) is 10.9. The largest absolute Gasteiger partial charge is 0.295 e. The molecule has 0 aromatic heterocycles. The second-order valence-electron chi connectivity index (χ2n) is 8.52. The molecule has 0 aliphatic heterocycles. The van der Waals surface area contributed by atoms with Gasteiger partial charge >= 0.3 is 0 Å². The summed E-state index contributed by atoms with van der Waals surface area (Å²) in [5.41, 5.74) is 3.31. The second kappa shape index (κ2) is 15.5. The van der Waals surface area contributed by atoms with Crippen LogP contribution in [-0.4, -0.2) is 32.1 Å². The zero-order valence-electron chi connectivity index (χ0n) is 22.0. The molecule has 4 nitrogen and oxygen atoms in total. The van der Waals surface area contributed by atoms with E-state index in [1.165, 1.54) is 48.3 Å². The predicted molar refractivity (Wildman–Crippen MR) is 148 cm³/mol. The van der Waals surface area contributed by atoms with E-state index >= 15 is 0 Å². The van der Waals surface area contributed by atoms with Crippen molar-refractivity contribution in [2.24, 2.45) is 0 Å². The van der Waals surface area contributed by atoms with Crippen molar-refractivity contribution >= 4 is 27.4 Å². The Kier molecular flexibility index (Phi) is 13.6. The summed E-state index contributed by atoms with van der Waals surface area (Å²) in [4.78, 5) is 10.8. The minimum Gasteiger partial charge on any atom is -0.295 e. The Hall–Kier alpha value is -2.54. The normalized spacial score (nSPS) is 10.7. The van der Waals surface area contributed by atoms with E-state index in [2.05, 4.69) is 13.8 Å². The van der Waals surface area contributed by atoms with E-state index in [0.717, 1.165) is 16.7 Å². The number of carbonyl (C=O) groups excluding carboxylic acids is 1. The highest BCUT2D eigenvalue weighted by Gasteiger charge is 2.24. The van der Waals surface area contributed by atoms with Crippen LogP contribution in [-0.2, 0) is 16.4 Å². The fourth-order valence-corrected chi connectivity index (χ4v) is 4.79. The zero-order chi connectivity index (χ0) is 27.3. The molecule has 0 amide bonds. The van der Waals surface area contributed by atoms with E-state index < -0.39 is 10.0 Å². The van der Waals surface area contributed by atoms with Crippen LogP contribution in [0.2, 0.25) is 5.02 Å². The van der Waals surface area contributed by atoms with Crippen molar-refractivity contribution in [1.29, 1.82) is 0 Å². The van der Waals surface area contributed by atoms with Crippen molar-refractivity contribution < 1.29 is 17.6 Å². The molecule has 0 heterocycles. The topological polar surface area (TPSA) is 54.5 Å². The average Bonchev–Trinajstić information content (AvgIpc) is 2.86. The Morgan fingerprint density at radius 2 is 1.50 bits per heavy atom. The van der Waals surface area contributed by atoms with E-state index in [1.807, 2.05) is 50.2 Å². The number of aryl methyl sites for hydroxylation is 2. The van der Waals surface area contributed by atoms with Gasteiger partial charge in [-0.2, -0.15) is 0 Å². The standard InChI is InChI=1S/C17H20ClNO2S.C8H7FO.C4H10/c1-13-11-14(2)17(18)16(12-13)22(20,21)19(3)10-9-15-7-5-4-6-8-15;1-6(10)7-2-4-8(9)5-3-7;1-3-4-2/h4-8,11-12H,9-10H2,1-3H3;2-5H,1H3;3-4H2,1-2H3. The maximum atomic E-state index is 12.7. The number of benzene rings is 3. The molecule has 0 bridgehead atoms. The third-order valence-corrected chi connectivity index (χ3v) is 7.86. The summed E-state index contributed by atoms with van der Waals surface area (Å²) >= 11 is 6.21. The molecule has 3 aromatic rings. The first kappa shape index (κ1) is 31.5. The molecule has 3 rings (SSSR count). The van der Waals surface area contributed by atoms with Crippen LogP contribution >= 0.6 is 11.6 Å². The number of ketones is 1. The van der Waals surface area contributed by atoms with Crippen molar-refractivity contribution in [3.8, 4) is 0 Å². The molecule has 7 heteroatoms. The molecule has 0 atom stereocenters. The van der Waals surface area contributed by atoms with Gasteiger partial charge in [0.05, 0.1) is 5.02 Å². The monoisotopic (exact) mass is 533 g/mol. The molecular formula is C29H37ClFNO3S. The minimum atomic E-state index is -3.58. The molecule has 3 aromatic carbocycles. The number of rotatable bonds is 7. The average molecular weight is 534 g/mol. The van der Waals surface area contributed by atoms with Gasteiger partial charge < -0.3 is 0 Å². The van der Waals surface area contributed by atoms with E-state index in [-0.39, 0.29) is 16.5 Å². The van der Waals surface area contributed by atoms with Crippen molar-refractivity contribution in [1.82, 2.24) is 4.31 Å². The number of hydrogen-bond donors (Lipinski definition) is 0. The van der Waals surface area contributed by atoms with E-state index in [4.69, 9.17) is 11.6 Å². The molecule has 0 fully saturated rings. The highest BCUT2D eigenvalue weighted by atomic mass is 35.5. The Labute approximate surface area is 221 Å². The molecule has 0 saturated heterocycles. The molecule has 36 heavy (non-hydrogen) atoms. The lowest BCUT2D eigenvalue weighted by molar-refractivity contribution is 0.101. The number of carbonyl (C=O) groups is 1. The summed E-state index contributed by atoms with van der Waals surface area (Å²) in [5.74, 6) is -0.356. The van der Waals surface area contributed by atoms with Gasteiger partial charge in [-0.25, -0.2) is 17.1 Å². The van der Waals surface area contributed by atoms with Gasteiger partial charge in [0.25, 0.3) is 0 Å². The molecule has 0 unspecified atom stereocenters. The van der Waals surface area contributed by atoms with Crippen LogP contribution < -0.4 is 0 Å². The lowest BCUT2D eigenvalue weighted by Gasteiger charge is -2.19. The number of nitrogens with zero attached hydrogens (tertiary/aromatic N) is 1. The number of likely N-dealkylation sites (N-methyl/N-ethyl adjacent to an activating group) is 1. The SMILES string of the molecule is CC(=O)c1ccc(F)cc1.CCCC.Cc1cc(C)c(Cl)c(S(=O)(=O)N(C)CCc2ccccc2)c1. The Balaban J connectivity index is 0.000000382. The number of sulfonamides is 1. The van der Waals surface area contributed by atoms with E-state index in [1.54, 1.807) is 13.1 Å². The molecule has 0 aliphatic carbocycles. The Morgan fingerprint density at radius 1 is 0.944 bits per heavy atom. The third kappa shape index (κ3) is 10.2. The number of unbranched alkanes of at least 4 members (excludes halogenated alkanes) is 1. The van der Waals surface area contributed by atoms with Crippen molar-refractivity contribution in [2.75, 3.05) is 13.6 Å². The van der Waals surface area contributed by atoms with Crippen LogP contribution in [0.25, 0.3) is 0 Å². The van der Waals surface area contributed by atoms with Crippen LogP contribution in [0.3, 0.4) is 0 Å². The zero-order valence-corrected chi connectivity index (χ0v) is 23.6. The molecule has 196 valence electrons. The first-order valence-electron chi connectivity index (χ1n) is 12.0. The number of hydrogen-bond acceptors (Lipinski definition) is 3. The molecule has 0 spiro atoms. The molecular weight excluding hydrogens is 497 g/mol. The number of Topliss-reactive ketones (excluding diaryl/α,β-unsaturated/α-hetero) is 1. The summed E-state index contributed by atoms with van der Waals surface area (Å²) in [6, 6.07) is 18.8. The smallest absolute Gasteiger partial charge is 0.244 e. The van der Waals surface area contributed by atoms with Gasteiger partial charge in [-0.15, -0.1) is 0 Å². The van der Waals surface area contributed by atoms with Crippen LogP contribution in [0.4, 0.5) is 4.39 Å². The quantitative estimate of drug-likeness (QED) is 0.293. The van der Waals surface area contributed by atoms with Crippen molar-refractivity contribution in [2.45, 2.75) is 58.8 Å². The lowest BCUT2D eigenvalue weighted by atomic mass is 10.1. The molecule has 0 aliphatic rings. The number of halogens is 2. The van der Waals surface area contributed by atoms with Gasteiger partial charge in [0.2, 0.25) is 10.0 Å². The Bertz CT molecular complexity index is 1200. The first-order chi connectivity index (χ1) is 16.9. The van der Waals surface area contributed by atoms with Crippen LogP contribution in [0.1, 0.15) is 60.7 Å². The summed E-state index contributed by atoms with van der Waals surface area (Å²) < 4.78 is 39.0. The van der Waals surface area contributed by atoms with Crippen LogP contribution in [0.15, 0.2) is 71.6 Å². The van der Waals surface area contributed by atoms with Gasteiger partial charge in [-0.3, -0.25) is 4.79 Å². The maximum absolute atomic E-state index is 12.7. The van der Waals surface area contributed by atoms with E-state index in [9.17, 15) is 17.6 Å². The summed E-state index contributed by atoms with van der Waals surface area (Å²) in [5, 5.41) is 0.303. The van der Waals surface area contributed by atoms with E-state index in [0.29, 0.717) is 23.6 Å². The molecule has 0 radical (unpaired) electrons. The first-order valence-corrected chi connectivity index (χ1v) is 13.8. The highest BCUT2D eigenvalue weighted by Crippen LogP contribution is 2.28. The van der Waals surface area contributed by atoms with Crippen LogP contribution in [0.5, 0.6) is 0 Å². The summed E-state index contributed by atoms with van der Waals surface area (Å²) in [6.07, 6.45) is 3.30. The maximum Gasteiger partial charge on any atom is 0.244 e. The lowest BCUT2D eigenvalue weighted by Crippen LogP contribution is -2.29. The van der Waals surface area contributed by atoms with Crippen LogP contribution in [0, 0.1) is 19.7 Å². The summed E-state index contributed by atoms with van der Waals surface area (Å²) in [6.45, 7) is 9.91. The van der Waals surface area contributed by atoms with Gasteiger partial charge in [0.1, 0.15) is 10.7 Å². The third-order valence-electron chi connectivity index (χ3n) is 5.36. The van der Waals surface area contributed by atoms with Gasteiger partial charge in [0, 0.05) is 19.2 Å². The predicted octanol–water partition coefficient (Wildman–Crippen LogP) is 7.65. The molecule has 0 saturated carbocycles. The van der Waals surface area contributed by atoms with Gasteiger partial charge in [-0.1, -0.05) is 74.7 Å². The van der Waals surface area contributed by atoms with Gasteiger partial charge in [0.15, 0.2) is 5.78 Å². The van der Waals surface area contributed by atoms with Crippen molar-refractivity contribution in [3.05, 3.63) is 99.8 Å².